The third-order valence-corrected chi connectivity index (χ3v) is 6.54. The van der Waals surface area contributed by atoms with Crippen LogP contribution in [0.1, 0.15) is 22.6 Å². The fraction of sp³-hybridized carbons (Fsp3) is 0.296. The van der Waals surface area contributed by atoms with E-state index in [1.165, 1.54) is 0 Å². The Balaban J connectivity index is 1.26. The van der Waals surface area contributed by atoms with Gasteiger partial charge in [0.25, 0.3) is 0 Å². The molecule has 0 bridgehead atoms. The van der Waals surface area contributed by atoms with Crippen LogP contribution >= 0.6 is 0 Å². The number of carbonyl (C=O) groups is 2. The standard InChI is InChI=1S/C27H27N3O5/c31-26(32)24(16-18-6-5-11-28-25(18)30-12-14-34-15-13-30)29-27(33)35-17-23-21-9-3-1-7-19(21)20-8-2-4-10-22(20)23/h1-11,23-24H,12-17H2,(H,29,33)(H,31,32). The van der Waals surface area contributed by atoms with Gasteiger partial charge >= 0.3 is 12.1 Å². The molecule has 3 aromatic rings. The Morgan fingerprint density at radius 1 is 1.03 bits per heavy atom. The molecule has 1 fully saturated rings. The van der Waals surface area contributed by atoms with Crippen molar-refractivity contribution in [3.05, 3.63) is 83.6 Å². The molecule has 2 aromatic carbocycles. The van der Waals surface area contributed by atoms with E-state index in [2.05, 4.69) is 27.3 Å². The molecule has 1 aliphatic heterocycles. The van der Waals surface area contributed by atoms with Gasteiger partial charge in [-0.2, -0.15) is 0 Å². The molecule has 0 radical (unpaired) electrons. The summed E-state index contributed by atoms with van der Waals surface area (Å²) in [6.45, 7) is 2.67. The maximum Gasteiger partial charge on any atom is 0.407 e. The maximum absolute atomic E-state index is 12.7. The first-order valence-electron chi connectivity index (χ1n) is 11.7. The van der Waals surface area contributed by atoms with Crippen LogP contribution in [0.2, 0.25) is 0 Å². The molecule has 1 atom stereocenters. The van der Waals surface area contributed by atoms with Gasteiger partial charge in [-0.15, -0.1) is 0 Å². The lowest BCUT2D eigenvalue weighted by Gasteiger charge is -2.29. The van der Waals surface area contributed by atoms with Gasteiger partial charge in [0.2, 0.25) is 0 Å². The molecule has 1 aliphatic carbocycles. The lowest BCUT2D eigenvalue weighted by Crippen LogP contribution is -2.43. The maximum atomic E-state index is 12.7. The van der Waals surface area contributed by atoms with E-state index in [1.807, 2.05) is 42.5 Å². The second-order valence-corrected chi connectivity index (χ2v) is 8.65. The Kier molecular flexibility index (Phi) is 6.63. The van der Waals surface area contributed by atoms with Crippen LogP contribution in [0, 0.1) is 0 Å². The Labute approximate surface area is 203 Å². The van der Waals surface area contributed by atoms with Crippen molar-refractivity contribution in [1.82, 2.24) is 10.3 Å². The van der Waals surface area contributed by atoms with Crippen LogP contribution in [-0.4, -0.2) is 61.1 Å². The van der Waals surface area contributed by atoms with Gasteiger partial charge in [0.05, 0.1) is 13.2 Å². The Hall–Kier alpha value is -3.91. The first kappa shape index (κ1) is 22.9. The molecular formula is C27H27N3O5. The summed E-state index contributed by atoms with van der Waals surface area (Å²) < 4.78 is 11.0. The van der Waals surface area contributed by atoms with Gasteiger partial charge < -0.3 is 24.8 Å². The number of carboxylic acid groups (broad SMARTS) is 1. The zero-order valence-corrected chi connectivity index (χ0v) is 19.2. The number of pyridine rings is 1. The number of anilines is 1. The van der Waals surface area contributed by atoms with Crippen molar-refractivity contribution >= 4 is 17.9 Å². The molecule has 1 unspecified atom stereocenters. The summed E-state index contributed by atoms with van der Waals surface area (Å²) in [5, 5.41) is 12.3. The number of fused-ring (bicyclic) bond motifs is 3. The van der Waals surface area contributed by atoms with Crippen LogP contribution in [0.25, 0.3) is 11.1 Å². The number of nitrogens with zero attached hydrogens (tertiary/aromatic N) is 2. The molecule has 35 heavy (non-hydrogen) atoms. The summed E-state index contributed by atoms with van der Waals surface area (Å²) in [4.78, 5) is 31.2. The second-order valence-electron chi connectivity index (χ2n) is 8.65. The van der Waals surface area contributed by atoms with Gasteiger partial charge in [-0.25, -0.2) is 14.6 Å². The smallest absolute Gasteiger partial charge is 0.407 e. The SMILES string of the molecule is O=C(NC(Cc1cccnc1N1CCOCC1)C(=O)O)OCC1c2ccccc2-c2ccccc21. The number of nitrogens with one attached hydrogen (secondary N) is 1. The monoisotopic (exact) mass is 473 g/mol. The summed E-state index contributed by atoms with van der Waals surface area (Å²) >= 11 is 0. The molecule has 1 amide bonds. The minimum Gasteiger partial charge on any atom is -0.480 e. The van der Waals surface area contributed by atoms with Crippen LogP contribution in [0.15, 0.2) is 66.9 Å². The van der Waals surface area contributed by atoms with E-state index >= 15 is 0 Å². The molecule has 5 rings (SSSR count). The van der Waals surface area contributed by atoms with Crippen molar-refractivity contribution in [2.45, 2.75) is 18.4 Å². The van der Waals surface area contributed by atoms with Crippen molar-refractivity contribution in [3.63, 3.8) is 0 Å². The zero-order chi connectivity index (χ0) is 24.2. The van der Waals surface area contributed by atoms with Gasteiger partial charge in [0, 0.05) is 31.6 Å². The fourth-order valence-corrected chi connectivity index (χ4v) is 4.85. The van der Waals surface area contributed by atoms with E-state index in [0.29, 0.717) is 26.3 Å². The third-order valence-electron chi connectivity index (χ3n) is 6.54. The van der Waals surface area contributed by atoms with Crippen molar-refractivity contribution in [2.24, 2.45) is 0 Å². The second kappa shape index (κ2) is 10.1. The van der Waals surface area contributed by atoms with Crippen molar-refractivity contribution in [2.75, 3.05) is 37.8 Å². The van der Waals surface area contributed by atoms with Gasteiger partial charge in [-0.3, -0.25) is 0 Å². The Morgan fingerprint density at radius 2 is 1.69 bits per heavy atom. The first-order chi connectivity index (χ1) is 17.1. The number of rotatable bonds is 7. The molecule has 2 N–H and O–H groups in total. The molecule has 8 nitrogen and oxygen atoms in total. The number of aliphatic carboxylic acids is 1. The van der Waals surface area contributed by atoms with Gasteiger partial charge in [0.15, 0.2) is 0 Å². The summed E-state index contributed by atoms with van der Waals surface area (Å²) in [6.07, 6.45) is 1.03. The Bertz CT molecular complexity index is 1180. The minimum absolute atomic E-state index is 0.0947. The molecule has 180 valence electrons. The first-order valence-corrected chi connectivity index (χ1v) is 11.7. The predicted molar refractivity (Wildman–Crippen MR) is 131 cm³/mol. The largest absolute Gasteiger partial charge is 0.480 e. The molecule has 0 spiro atoms. The van der Waals surface area contributed by atoms with Crippen molar-refractivity contribution < 1.29 is 24.2 Å². The van der Waals surface area contributed by atoms with Gasteiger partial charge in [-0.1, -0.05) is 54.6 Å². The number of aromatic nitrogens is 1. The highest BCUT2D eigenvalue weighted by atomic mass is 16.5. The number of carbonyl (C=O) groups excluding carboxylic acids is 1. The average molecular weight is 474 g/mol. The minimum atomic E-state index is -1.14. The third kappa shape index (κ3) is 4.83. The normalized spacial score (nSPS) is 15.7. The number of hydrogen-bond acceptors (Lipinski definition) is 6. The molecule has 1 aromatic heterocycles. The van der Waals surface area contributed by atoms with Crippen molar-refractivity contribution in [1.29, 1.82) is 0 Å². The van der Waals surface area contributed by atoms with Crippen LogP contribution < -0.4 is 10.2 Å². The number of amides is 1. The van der Waals surface area contributed by atoms with Crippen LogP contribution in [-0.2, 0) is 20.7 Å². The lowest BCUT2D eigenvalue weighted by molar-refractivity contribution is -0.139. The highest BCUT2D eigenvalue weighted by molar-refractivity contribution is 5.81. The highest BCUT2D eigenvalue weighted by Crippen LogP contribution is 2.44. The number of benzene rings is 2. The summed E-state index contributed by atoms with van der Waals surface area (Å²) in [6, 6.07) is 18.6. The number of morpholine rings is 1. The predicted octanol–water partition coefficient (Wildman–Crippen LogP) is 3.45. The quantitative estimate of drug-likeness (QED) is 0.542. The van der Waals surface area contributed by atoms with E-state index in [0.717, 1.165) is 33.6 Å². The topological polar surface area (TPSA) is 101 Å². The van der Waals surface area contributed by atoms with Gasteiger partial charge in [-0.05, 0) is 33.9 Å². The molecule has 2 aliphatic rings. The number of ether oxygens (including phenoxy) is 2. The van der Waals surface area contributed by atoms with Crippen molar-refractivity contribution in [3.8, 4) is 11.1 Å². The zero-order valence-electron chi connectivity index (χ0n) is 19.2. The van der Waals surface area contributed by atoms with E-state index in [9.17, 15) is 14.7 Å². The number of hydrogen-bond donors (Lipinski definition) is 2. The van der Waals surface area contributed by atoms with E-state index in [4.69, 9.17) is 9.47 Å². The molecular weight excluding hydrogens is 446 g/mol. The average Bonchev–Trinajstić information content (AvgIpc) is 3.21. The van der Waals surface area contributed by atoms with Crippen LogP contribution in [0.5, 0.6) is 0 Å². The van der Waals surface area contributed by atoms with E-state index < -0.39 is 18.1 Å². The lowest BCUT2D eigenvalue weighted by atomic mass is 9.98. The van der Waals surface area contributed by atoms with Gasteiger partial charge in [0.1, 0.15) is 18.5 Å². The van der Waals surface area contributed by atoms with Crippen LogP contribution in [0.4, 0.5) is 10.6 Å². The number of alkyl carbamates (subject to hydrolysis) is 1. The molecule has 0 saturated carbocycles. The molecule has 2 heterocycles. The van der Waals surface area contributed by atoms with E-state index in [-0.39, 0.29) is 18.9 Å². The summed E-state index contributed by atoms with van der Waals surface area (Å²) in [7, 11) is 0. The van der Waals surface area contributed by atoms with E-state index in [1.54, 1.807) is 12.3 Å². The fourth-order valence-electron chi connectivity index (χ4n) is 4.85. The Morgan fingerprint density at radius 3 is 2.34 bits per heavy atom. The summed E-state index contributed by atoms with van der Waals surface area (Å²) in [5.41, 5.74) is 5.21. The highest BCUT2D eigenvalue weighted by Gasteiger charge is 2.30. The van der Waals surface area contributed by atoms with Crippen LogP contribution in [0.3, 0.4) is 0 Å². The molecule has 8 heteroatoms. The summed E-state index contributed by atoms with van der Waals surface area (Å²) in [5.74, 6) is -0.505. The number of carboxylic acids is 1. The molecule has 1 saturated heterocycles.